The Kier molecular flexibility index (Phi) is 3.10. The van der Waals surface area contributed by atoms with Crippen LogP contribution in [0.15, 0.2) is 15.9 Å². The van der Waals surface area contributed by atoms with Crippen molar-refractivity contribution in [2.24, 2.45) is 7.05 Å². The topological polar surface area (TPSA) is 92.9 Å². The van der Waals surface area contributed by atoms with Crippen LogP contribution >= 0.6 is 0 Å². The summed E-state index contributed by atoms with van der Waals surface area (Å²) in [4.78, 5) is 30.5. The maximum absolute atomic E-state index is 12.0. The average molecular weight is 238 g/mol. The zero-order valence-corrected chi connectivity index (χ0v) is 9.51. The Hall–Kier alpha value is -1.89. The van der Waals surface area contributed by atoms with E-state index in [4.69, 9.17) is 5.11 Å². The van der Waals surface area contributed by atoms with Gasteiger partial charge < -0.3 is 10.1 Å². The van der Waals surface area contributed by atoms with Crippen LogP contribution in [-0.2, 0) is 13.6 Å². The highest BCUT2D eigenvalue weighted by Gasteiger charge is 2.11. The van der Waals surface area contributed by atoms with Gasteiger partial charge in [-0.3, -0.25) is 13.9 Å². The first-order valence-electron chi connectivity index (χ1n) is 5.40. The number of H-pyrrole nitrogens is 1. The van der Waals surface area contributed by atoms with E-state index in [1.807, 2.05) is 0 Å². The van der Waals surface area contributed by atoms with E-state index >= 15 is 0 Å². The van der Waals surface area contributed by atoms with E-state index in [1.165, 1.54) is 10.9 Å². The Bertz CT molecular complexity index is 637. The minimum Gasteiger partial charge on any atom is -0.396 e. The predicted octanol–water partition coefficient (Wildman–Crippen LogP) is -0.804. The normalized spacial score (nSPS) is 11.2. The van der Waals surface area contributed by atoms with Crippen molar-refractivity contribution in [3.05, 3.63) is 27.2 Å². The van der Waals surface area contributed by atoms with Crippen LogP contribution in [0.2, 0.25) is 0 Å². The molecule has 0 aliphatic carbocycles. The van der Waals surface area contributed by atoms with Crippen molar-refractivity contribution in [3.63, 3.8) is 0 Å². The molecule has 2 N–H and O–H groups in total. The van der Waals surface area contributed by atoms with Gasteiger partial charge in [0.15, 0.2) is 5.65 Å². The molecule has 0 atom stereocenters. The van der Waals surface area contributed by atoms with Crippen LogP contribution in [0.5, 0.6) is 0 Å². The van der Waals surface area contributed by atoms with Gasteiger partial charge in [-0.25, -0.2) is 9.78 Å². The summed E-state index contributed by atoms with van der Waals surface area (Å²) in [5.74, 6) is 0. The Morgan fingerprint density at radius 3 is 2.88 bits per heavy atom. The molecule has 92 valence electrons. The first-order chi connectivity index (χ1) is 8.16. The van der Waals surface area contributed by atoms with E-state index < -0.39 is 0 Å². The van der Waals surface area contributed by atoms with Crippen molar-refractivity contribution < 1.29 is 5.11 Å². The molecule has 2 aromatic heterocycles. The van der Waals surface area contributed by atoms with E-state index in [9.17, 15) is 9.59 Å². The first-order valence-corrected chi connectivity index (χ1v) is 5.40. The quantitative estimate of drug-likeness (QED) is 0.682. The molecule has 0 aliphatic rings. The van der Waals surface area contributed by atoms with Crippen molar-refractivity contribution >= 4 is 11.2 Å². The van der Waals surface area contributed by atoms with Crippen molar-refractivity contribution in [3.8, 4) is 0 Å². The van der Waals surface area contributed by atoms with E-state index in [0.717, 1.165) is 4.57 Å². The molecule has 2 rings (SSSR count). The average Bonchev–Trinajstić information content (AvgIpc) is 2.80. The molecule has 0 aromatic carbocycles. The van der Waals surface area contributed by atoms with Crippen molar-refractivity contribution in [2.45, 2.75) is 19.4 Å². The van der Waals surface area contributed by atoms with Crippen LogP contribution in [-0.4, -0.2) is 30.8 Å². The molecule has 7 nitrogen and oxygen atoms in total. The van der Waals surface area contributed by atoms with E-state index in [1.54, 1.807) is 7.05 Å². The minimum atomic E-state index is -0.382. The Morgan fingerprint density at radius 2 is 2.18 bits per heavy atom. The SMILES string of the molecule is Cn1c(=O)n(CCCCO)c(=O)c2[nH]cnc21. The molecule has 0 aliphatic heterocycles. The summed E-state index contributed by atoms with van der Waals surface area (Å²) in [6, 6.07) is 0. The van der Waals surface area contributed by atoms with Gasteiger partial charge in [-0.1, -0.05) is 0 Å². The summed E-state index contributed by atoms with van der Waals surface area (Å²) < 4.78 is 2.50. The molecule has 0 unspecified atom stereocenters. The smallest absolute Gasteiger partial charge is 0.332 e. The Labute approximate surface area is 96.3 Å². The lowest BCUT2D eigenvalue weighted by Crippen LogP contribution is -2.39. The summed E-state index contributed by atoms with van der Waals surface area (Å²) in [6.07, 6.45) is 2.55. The van der Waals surface area contributed by atoms with Crippen LogP contribution in [0.1, 0.15) is 12.8 Å². The van der Waals surface area contributed by atoms with E-state index in [-0.39, 0.29) is 17.9 Å². The number of fused-ring (bicyclic) bond motifs is 1. The highest BCUT2D eigenvalue weighted by molar-refractivity contribution is 5.68. The van der Waals surface area contributed by atoms with Gasteiger partial charge in [0.1, 0.15) is 5.52 Å². The Balaban J connectivity index is 2.55. The number of aliphatic hydroxyl groups is 1. The maximum atomic E-state index is 12.0. The summed E-state index contributed by atoms with van der Waals surface area (Å²) >= 11 is 0. The summed E-state index contributed by atoms with van der Waals surface area (Å²) in [6.45, 7) is 0.363. The lowest BCUT2D eigenvalue weighted by molar-refractivity contribution is 0.280. The molecule has 0 fully saturated rings. The second kappa shape index (κ2) is 4.54. The zero-order chi connectivity index (χ0) is 12.4. The zero-order valence-electron chi connectivity index (χ0n) is 9.51. The van der Waals surface area contributed by atoms with Crippen LogP contribution in [0.4, 0.5) is 0 Å². The number of nitrogens with zero attached hydrogens (tertiary/aromatic N) is 3. The molecule has 0 saturated carbocycles. The van der Waals surface area contributed by atoms with Crippen molar-refractivity contribution in [1.29, 1.82) is 0 Å². The molecular formula is C10H14N4O3. The molecule has 0 saturated heterocycles. The van der Waals surface area contributed by atoms with Crippen LogP contribution in [0, 0.1) is 0 Å². The second-order valence-electron chi connectivity index (χ2n) is 3.83. The fourth-order valence-electron chi connectivity index (χ4n) is 1.77. The number of aliphatic hydroxyl groups excluding tert-OH is 1. The molecule has 7 heteroatoms. The summed E-state index contributed by atoms with van der Waals surface area (Å²) in [7, 11) is 1.58. The van der Waals surface area contributed by atoms with Gasteiger partial charge in [-0.15, -0.1) is 0 Å². The number of hydrogen-bond donors (Lipinski definition) is 2. The first kappa shape index (κ1) is 11.6. The third kappa shape index (κ3) is 1.89. The van der Waals surface area contributed by atoms with E-state index in [2.05, 4.69) is 9.97 Å². The predicted molar refractivity (Wildman–Crippen MR) is 61.9 cm³/mol. The molecular weight excluding hydrogens is 224 g/mol. The fourth-order valence-corrected chi connectivity index (χ4v) is 1.77. The lowest BCUT2D eigenvalue weighted by Gasteiger charge is -2.06. The number of aromatic nitrogens is 4. The minimum absolute atomic E-state index is 0.0569. The van der Waals surface area contributed by atoms with Gasteiger partial charge in [0.05, 0.1) is 6.33 Å². The number of rotatable bonds is 4. The van der Waals surface area contributed by atoms with Crippen LogP contribution < -0.4 is 11.2 Å². The Morgan fingerprint density at radius 1 is 1.41 bits per heavy atom. The largest absolute Gasteiger partial charge is 0.396 e. The van der Waals surface area contributed by atoms with Gasteiger partial charge in [0.2, 0.25) is 0 Å². The number of aromatic amines is 1. The van der Waals surface area contributed by atoms with Crippen LogP contribution in [0.3, 0.4) is 0 Å². The number of unbranched alkanes of at least 4 members (excludes halogenated alkanes) is 1. The lowest BCUT2D eigenvalue weighted by atomic mass is 10.3. The highest BCUT2D eigenvalue weighted by atomic mass is 16.3. The number of hydrogen-bond acceptors (Lipinski definition) is 4. The third-order valence-corrected chi connectivity index (χ3v) is 2.70. The number of aryl methyl sites for hydroxylation is 1. The highest BCUT2D eigenvalue weighted by Crippen LogP contribution is 1.99. The standard InChI is InChI=1S/C10H14N4O3/c1-13-8-7(11-6-12-8)9(16)14(10(13)17)4-2-3-5-15/h6,15H,2-5H2,1H3,(H,11,12). The molecule has 0 radical (unpaired) electrons. The van der Waals surface area contributed by atoms with Gasteiger partial charge in [-0.05, 0) is 12.8 Å². The number of nitrogens with one attached hydrogen (secondary N) is 1. The molecule has 0 bridgehead atoms. The summed E-state index contributed by atoms with van der Waals surface area (Å²) in [5.41, 5.74) is -0.0550. The second-order valence-corrected chi connectivity index (χ2v) is 3.83. The van der Waals surface area contributed by atoms with E-state index in [0.29, 0.717) is 30.6 Å². The van der Waals surface area contributed by atoms with Gasteiger partial charge in [0.25, 0.3) is 5.56 Å². The monoisotopic (exact) mass is 238 g/mol. The van der Waals surface area contributed by atoms with Crippen LogP contribution in [0.25, 0.3) is 11.2 Å². The third-order valence-electron chi connectivity index (χ3n) is 2.70. The maximum Gasteiger partial charge on any atom is 0.332 e. The summed E-state index contributed by atoms with van der Waals surface area (Å²) in [5, 5.41) is 8.69. The van der Waals surface area contributed by atoms with Gasteiger partial charge in [-0.2, -0.15) is 0 Å². The molecule has 2 heterocycles. The van der Waals surface area contributed by atoms with Crippen molar-refractivity contribution in [2.75, 3.05) is 6.61 Å². The molecule has 0 amide bonds. The molecule has 0 spiro atoms. The van der Waals surface area contributed by atoms with Gasteiger partial charge >= 0.3 is 5.69 Å². The van der Waals surface area contributed by atoms with Gasteiger partial charge in [0, 0.05) is 20.2 Å². The fraction of sp³-hybridized carbons (Fsp3) is 0.500. The molecule has 17 heavy (non-hydrogen) atoms. The molecule has 2 aromatic rings. The number of imidazole rings is 1. The van der Waals surface area contributed by atoms with Crippen molar-refractivity contribution in [1.82, 2.24) is 19.1 Å².